The van der Waals surface area contributed by atoms with Gasteiger partial charge in [-0.25, -0.2) is 0 Å². The van der Waals surface area contributed by atoms with E-state index in [9.17, 15) is 0 Å². The van der Waals surface area contributed by atoms with Crippen LogP contribution in [0, 0.1) is 0 Å². The van der Waals surface area contributed by atoms with Crippen molar-refractivity contribution in [3.05, 3.63) is 0 Å². The van der Waals surface area contributed by atoms with Crippen molar-refractivity contribution in [2.24, 2.45) is 0 Å². The molecule has 10 heavy (non-hydrogen) atoms. The summed E-state index contributed by atoms with van der Waals surface area (Å²) in [7, 11) is -4.67. The zero-order valence-electron chi connectivity index (χ0n) is 5.78. The molecule has 0 aliphatic rings. The van der Waals surface area contributed by atoms with Crippen LogP contribution in [0.3, 0.4) is 0 Å². The van der Waals surface area contributed by atoms with Crippen molar-refractivity contribution >= 4 is 34.1 Å². The Hall–Kier alpha value is 2.29. The minimum Gasteiger partial charge on any atom is -1.00 e. The fraction of sp³-hybridized carbons (Fsp3) is 0. The van der Waals surface area contributed by atoms with Crippen molar-refractivity contribution in [3.8, 4) is 0 Å². The third kappa shape index (κ3) is 169. The smallest absolute Gasteiger partial charge is 1.00 e. The van der Waals surface area contributed by atoms with Gasteiger partial charge in [-0.15, -0.1) is 0 Å². The molecule has 0 amide bonds. The molecule has 0 aromatic heterocycles. The predicted octanol–water partition coefficient (Wildman–Crippen LogP) is -2.23. The van der Waals surface area contributed by atoms with Gasteiger partial charge in [0, 0.05) is 26.2 Å². The van der Waals surface area contributed by atoms with Gasteiger partial charge in [0.05, 0.1) is 23.7 Å². The summed E-state index contributed by atoms with van der Waals surface area (Å²) in [6.45, 7) is 0. The zero-order chi connectivity index (χ0) is 7.21. The Morgan fingerprint density at radius 2 is 1.30 bits per heavy atom. The fourth-order valence-electron chi connectivity index (χ4n) is 0. The molecule has 0 fully saturated rings. The average Bonchev–Trinajstić information content (AvgIpc) is 1.27. The van der Waals surface area contributed by atoms with E-state index in [2.05, 4.69) is 27.6 Å². The molecule has 0 aromatic rings. The number of hydrogen-bond donors (Lipinski definition) is 2. The van der Waals surface area contributed by atoms with Gasteiger partial charge in [0.25, 0.3) is 0 Å². The van der Waals surface area contributed by atoms with E-state index in [-0.39, 0.29) is 57.2 Å². The number of rotatable bonds is 0. The summed E-state index contributed by atoms with van der Waals surface area (Å²) in [6.07, 6.45) is 0. The Bertz CT molecular complexity index is 118. The third-order valence-electron chi connectivity index (χ3n) is 0. The van der Waals surface area contributed by atoms with E-state index < -0.39 is 10.4 Å². The van der Waals surface area contributed by atoms with Gasteiger partial charge in [0.2, 0.25) is 0 Å². The van der Waals surface area contributed by atoms with E-state index in [0.29, 0.717) is 0 Å². The summed E-state index contributed by atoms with van der Waals surface area (Å²) >= 11 is 8.53. The number of hydrogen-bond acceptors (Lipinski definition) is 3. The molecule has 10 heteroatoms. The van der Waals surface area contributed by atoms with Crippen LogP contribution in [0.4, 0.5) is 0 Å². The van der Waals surface area contributed by atoms with Gasteiger partial charge in [-0.1, -0.05) is 0 Å². The third-order valence-corrected chi connectivity index (χ3v) is 0. The summed E-state index contributed by atoms with van der Waals surface area (Å²) < 4.78 is 34.8. The van der Waals surface area contributed by atoms with Gasteiger partial charge < -0.3 is 1.43 Å². The van der Waals surface area contributed by atoms with Crippen LogP contribution >= 0.6 is 23.7 Å². The quantitative estimate of drug-likeness (QED) is 0.391. The predicted molar refractivity (Wildman–Crippen MR) is 28.1 cm³/mol. The van der Waals surface area contributed by atoms with Gasteiger partial charge >= 0.3 is 40.0 Å². The molecule has 0 radical (unpaired) electrons. The monoisotopic (exact) mass is 298 g/mol. The maximum atomic E-state index is 8.74. The summed E-state index contributed by atoms with van der Waals surface area (Å²) in [5.41, 5.74) is 0. The zero-order valence-corrected chi connectivity index (χ0v) is 11.6. The number of halogens is 2. The fourth-order valence-corrected chi connectivity index (χ4v) is 0. The van der Waals surface area contributed by atoms with Crippen molar-refractivity contribution in [3.63, 3.8) is 0 Å². The van der Waals surface area contributed by atoms with E-state index in [1.165, 1.54) is 0 Å². The molecule has 0 saturated heterocycles. The van der Waals surface area contributed by atoms with E-state index >= 15 is 0 Å². The Balaban J connectivity index is -0.0000000183. The minimum absolute atomic E-state index is 0. The summed E-state index contributed by atoms with van der Waals surface area (Å²) in [4.78, 5) is 0. The molecule has 58 valence electrons. The molecular weight excluding hydrogens is 297 g/mol. The first-order valence-electron chi connectivity index (χ1n) is 1.01. The van der Waals surface area contributed by atoms with Crippen LogP contribution in [0.5, 0.6) is 0 Å². The summed E-state index contributed by atoms with van der Waals surface area (Å²) in [5, 5.41) is 0. The maximum Gasteiger partial charge on any atom is 1.00 e. The largest absolute Gasteiger partial charge is 1.00 e. The van der Waals surface area contributed by atoms with Crippen molar-refractivity contribution in [2.45, 2.75) is 0 Å². The van der Waals surface area contributed by atoms with Gasteiger partial charge in [-0.05, 0) is 0 Å². The van der Waals surface area contributed by atoms with Crippen LogP contribution in [0.1, 0.15) is 1.43 Å². The van der Waals surface area contributed by atoms with Gasteiger partial charge in [-0.3, -0.25) is 9.11 Å². The topological polar surface area (TPSA) is 83.8 Å². The first-order chi connectivity index (χ1) is 3.41. The molecule has 0 rings (SSSR count). The first kappa shape index (κ1) is 22.8. The molecule has 0 saturated carbocycles. The minimum atomic E-state index is -4.67. The van der Waals surface area contributed by atoms with Crippen LogP contribution in [-0.2, 0) is 40.4 Å². The van der Waals surface area contributed by atoms with E-state index in [0.717, 1.165) is 0 Å². The van der Waals surface area contributed by atoms with Crippen LogP contribution < -0.4 is 29.6 Å². The van der Waals surface area contributed by atoms with E-state index in [1.807, 2.05) is 0 Å². The van der Waals surface area contributed by atoms with Crippen molar-refractivity contribution in [1.29, 1.82) is 0 Å². The molecular formula is H3Cl2NaO5SZr. The molecule has 0 aromatic carbocycles. The second kappa shape index (κ2) is 13.9. The van der Waals surface area contributed by atoms with Crippen LogP contribution in [0.2, 0.25) is 0 Å². The standard InChI is InChI=1S/Cl2O.Na.H2O4S.Zr.H/c1-3-2;;1-5(2,3)4;;/h;;(H2,1,2,3,4);;/q;+1;;;-1. The first-order valence-corrected chi connectivity index (χ1v) is 3.02. The van der Waals surface area contributed by atoms with Crippen LogP contribution in [-0.4, -0.2) is 17.5 Å². The molecule has 2 N–H and O–H groups in total. The van der Waals surface area contributed by atoms with E-state index in [1.54, 1.807) is 0 Å². The molecule has 0 aliphatic heterocycles. The molecule has 0 bridgehead atoms. The average molecular weight is 300 g/mol. The van der Waals surface area contributed by atoms with Crippen LogP contribution in [0.25, 0.3) is 0 Å². The van der Waals surface area contributed by atoms with Crippen molar-refractivity contribution < 1.29 is 78.6 Å². The summed E-state index contributed by atoms with van der Waals surface area (Å²) in [6, 6.07) is 0. The molecule has 0 atom stereocenters. The SMILES string of the molecule is ClOCl.O=S(=O)(O)O.[H-].[Na+].[Zr]. The molecule has 0 aliphatic carbocycles. The molecule has 0 heterocycles. The molecule has 5 nitrogen and oxygen atoms in total. The Kier molecular flexibility index (Phi) is 31.6. The Labute approximate surface area is 111 Å². The van der Waals surface area contributed by atoms with E-state index in [4.69, 9.17) is 17.5 Å². The second-order valence-electron chi connectivity index (χ2n) is 0.506. The molecule has 0 unspecified atom stereocenters. The van der Waals surface area contributed by atoms with Crippen molar-refractivity contribution in [1.82, 2.24) is 0 Å². The normalized spacial score (nSPS) is 7.60. The van der Waals surface area contributed by atoms with Gasteiger partial charge in [0.1, 0.15) is 0 Å². The van der Waals surface area contributed by atoms with Crippen LogP contribution in [0.15, 0.2) is 0 Å². The van der Waals surface area contributed by atoms with Gasteiger partial charge in [0.15, 0.2) is 0 Å². The Morgan fingerprint density at radius 3 is 1.30 bits per heavy atom. The Morgan fingerprint density at radius 1 is 1.30 bits per heavy atom. The molecule has 0 spiro atoms. The van der Waals surface area contributed by atoms with Gasteiger partial charge in [-0.2, -0.15) is 12.3 Å². The second-order valence-corrected chi connectivity index (χ2v) is 1.87. The maximum absolute atomic E-state index is 8.74. The van der Waals surface area contributed by atoms with Crippen molar-refractivity contribution in [2.75, 3.05) is 0 Å². The summed E-state index contributed by atoms with van der Waals surface area (Å²) in [5.74, 6) is 0.